The third-order valence-electron chi connectivity index (χ3n) is 3.20. The summed E-state index contributed by atoms with van der Waals surface area (Å²) in [7, 11) is 0. The van der Waals surface area contributed by atoms with Gasteiger partial charge in [0.1, 0.15) is 11.3 Å². The van der Waals surface area contributed by atoms with Crippen LogP contribution in [0.1, 0.15) is 34.6 Å². The molecule has 2 heterocycles. The topological polar surface area (TPSA) is 48.0 Å². The van der Waals surface area contributed by atoms with Gasteiger partial charge < -0.3 is 14.2 Å². The second kappa shape index (κ2) is 4.80. The molecule has 0 bridgehead atoms. The predicted molar refractivity (Wildman–Crippen MR) is 70.8 cm³/mol. The Labute approximate surface area is 114 Å². The molecule has 0 aliphatic carbocycles. The van der Waals surface area contributed by atoms with Crippen LogP contribution in [0, 0.1) is 0 Å². The van der Waals surface area contributed by atoms with E-state index in [0.717, 1.165) is 0 Å². The Hall–Kier alpha value is -1.07. The molecule has 0 spiro atoms. The summed E-state index contributed by atoms with van der Waals surface area (Å²) in [6, 6.07) is -0.136. The lowest BCUT2D eigenvalue weighted by Gasteiger charge is -2.36. The van der Waals surface area contributed by atoms with Crippen molar-refractivity contribution in [2.45, 2.75) is 58.1 Å². The normalized spacial score (nSPS) is 29.8. The molecule has 2 aliphatic rings. The first-order valence-electron chi connectivity index (χ1n) is 6.65. The second-order valence-corrected chi connectivity index (χ2v) is 6.40. The van der Waals surface area contributed by atoms with Gasteiger partial charge in [0.05, 0.1) is 25.4 Å². The zero-order valence-electron chi connectivity index (χ0n) is 12.3. The van der Waals surface area contributed by atoms with E-state index in [1.165, 1.54) is 0 Å². The summed E-state index contributed by atoms with van der Waals surface area (Å²) in [5.41, 5.74) is -1.19. The van der Waals surface area contributed by atoms with E-state index in [9.17, 15) is 4.79 Å². The van der Waals surface area contributed by atoms with Crippen molar-refractivity contribution < 1.29 is 19.0 Å². The first-order valence-corrected chi connectivity index (χ1v) is 6.65. The molecule has 1 fully saturated rings. The van der Waals surface area contributed by atoms with E-state index in [1.807, 2.05) is 46.8 Å². The average Bonchev–Trinajstić information content (AvgIpc) is 2.81. The number of hydrogen-bond donors (Lipinski definition) is 0. The Morgan fingerprint density at radius 1 is 1.42 bits per heavy atom. The van der Waals surface area contributed by atoms with Gasteiger partial charge in [-0.15, -0.1) is 0 Å². The zero-order valence-corrected chi connectivity index (χ0v) is 12.3. The number of carbonyl (C=O) groups excluding carboxylic acids is 1. The highest BCUT2D eigenvalue weighted by Crippen LogP contribution is 2.32. The summed E-state index contributed by atoms with van der Waals surface area (Å²) in [5.74, 6) is 0. The van der Waals surface area contributed by atoms with Crippen LogP contribution in [0.25, 0.3) is 0 Å². The van der Waals surface area contributed by atoms with Crippen molar-refractivity contribution in [1.82, 2.24) is 4.90 Å². The molecular formula is C14H23NO4. The Kier molecular flexibility index (Phi) is 3.62. The highest BCUT2D eigenvalue weighted by atomic mass is 16.6. The van der Waals surface area contributed by atoms with Crippen LogP contribution in [0.15, 0.2) is 12.2 Å². The van der Waals surface area contributed by atoms with Gasteiger partial charge in [0, 0.05) is 0 Å². The lowest BCUT2D eigenvalue weighted by molar-refractivity contribution is -0.0674. The molecule has 0 saturated carbocycles. The molecule has 1 saturated heterocycles. The summed E-state index contributed by atoms with van der Waals surface area (Å²) in [4.78, 5) is 14.0. The van der Waals surface area contributed by atoms with E-state index in [0.29, 0.717) is 13.2 Å². The van der Waals surface area contributed by atoms with Crippen LogP contribution in [0.3, 0.4) is 0 Å². The van der Waals surface area contributed by atoms with Crippen LogP contribution >= 0.6 is 0 Å². The molecule has 0 radical (unpaired) electrons. The van der Waals surface area contributed by atoms with Crippen molar-refractivity contribution in [2.75, 3.05) is 13.2 Å². The molecule has 2 rings (SSSR count). The average molecular weight is 269 g/mol. The van der Waals surface area contributed by atoms with E-state index in [4.69, 9.17) is 14.2 Å². The molecule has 2 aliphatic heterocycles. The Balaban J connectivity index is 2.16. The maximum absolute atomic E-state index is 12.4. The van der Waals surface area contributed by atoms with Gasteiger partial charge in [-0.05, 0) is 34.6 Å². The quantitative estimate of drug-likeness (QED) is 0.685. The monoisotopic (exact) mass is 269 g/mol. The smallest absolute Gasteiger partial charge is 0.413 e. The fourth-order valence-corrected chi connectivity index (χ4v) is 2.39. The van der Waals surface area contributed by atoms with Crippen molar-refractivity contribution in [1.29, 1.82) is 0 Å². The van der Waals surface area contributed by atoms with Gasteiger partial charge in [-0.25, -0.2) is 4.79 Å². The number of rotatable bonds is 1. The van der Waals surface area contributed by atoms with Gasteiger partial charge >= 0.3 is 6.09 Å². The van der Waals surface area contributed by atoms with E-state index >= 15 is 0 Å². The summed E-state index contributed by atoms with van der Waals surface area (Å²) in [5, 5.41) is 0. The van der Waals surface area contributed by atoms with Gasteiger partial charge in [0.25, 0.3) is 0 Å². The van der Waals surface area contributed by atoms with Gasteiger partial charge in [-0.2, -0.15) is 0 Å². The van der Waals surface area contributed by atoms with E-state index in [-0.39, 0.29) is 18.2 Å². The minimum atomic E-state index is -0.674. The molecule has 2 atom stereocenters. The van der Waals surface area contributed by atoms with Crippen LogP contribution in [-0.4, -0.2) is 47.7 Å². The molecule has 0 aromatic rings. The fourth-order valence-electron chi connectivity index (χ4n) is 2.39. The highest BCUT2D eigenvalue weighted by Gasteiger charge is 2.48. The summed E-state index contributed by atoms with van der Waals surface area (Å²) < 4.78 is 16.8. The Morgan fingerprint density at radius 3 is 2.63 bits per heavy atom. The number of nitrogens with zero attached hydrogens (tertiary/aromatic N) is 1. The molecule has 5 heteroatoms. The van der Waals surface area contributed by atoms with Crippen molar-refractivity contribution in [2.24, 2.45) is 0 Å². The third kappa shape index (κ3) is 3.09. The van der Waals surface area contributed by atoms with E-state index in [2.05, 4.69) is 0 Å². The van der Waals surface area contributed by atoms with Gasteiger partial charge in [0.15, 0.2) is 0 Å². The first kappa shape index (κ1) is 14.3. The largest absolute Gasteiger partial charge is 0.444 e. The second-order valence-electron chi connectivity index (χ2n) is 6.40. The molecule has 0 aromatic carbocycles. The minimum absolute atomic E-state index is 0.116. The van der Waals surface area contributed by atoms with Crippen LogP contribution in [0.2, 0.25) is 0 Å². The number of carbonyl (C=O) groups is 1. The van der Waals surface area contributed by atoms with Crippen LogP contribution < -0.4 is 0 Å². The van der Waals surface area contributed by atoms with Gasteiger partial charge in [0.2, 0.25) is 0 Å². The molecule has 0 unspecified atom stereocenters. The SMILES string of the molecule is CC(C)(C)OC(=O)N1[C@@H]([C@H]2C=CCO2)COC1(C)C. The summed E-state index contributed by atoms with van der Waals surface area (Å²) in [6.45, 7) is 10.4. The molecule has 108 valence electrons. The number of hydrogen-bond acceptors (Lipinski definition) is 4. The maximum Gasteiger partial charge on any atom is 0.413 e. The van der Waals surface area contributed by atoms with Gasteiger partial charge in [-0.1, -0.05) is 12.2 Å². The van der Waals surface area contributed by atoms with Gasteiger partial charge in [-0.3, -0.25) is 4.90 Å². The minimum Gasteiger partial charge on any atom is -0.444 e. The lowest BCUT2D eigenvalue weighted by Crippen LogP contribution is -2.53. The zero-order chi connectivity index (χ0) is 14.3. The molecule has 19 heavy (non-hydrogen) atoms. The Bertz CT molecular complexity index is 383. The lowest BCUT2D eigenvalue weighted by atomic mass is 10.1. The molecule has 5 nitrogen and oxygen atoms in total. The van der Waals surface area contributed by atoms with E-state index < -0.39 is 11.3 Å². The molecule has 0 N–H and O–H groups in total. The van der Waals surface area contributed by atoms with Crippen molar-refractivity contribution in [3.05, 3.63) is 12.2 Å². The van der Waals surface area contributed by atoms with Crippen molar-refractivity contribution in [3.8, 4) is 0 Å². The van der Waals surface area contributed by atoms with Crippen LogP contribution in [-0.2, 0) is 14.2 Å². The van der Waals surface area contributed by atoms with Crippen molar-refractivity contribution >= 4 is 6.09 Å². The van der Waals surface area contributed by atoms with E-state index in [1.54, 1.807) is 4.90 Å². The standard InChI is InChI=1S/C14H23NO4/c1-13(2,3)19-12(16)15-10(9-18-14(15,4)5)11-7-6-8-17-11/h6-7,10-11H,8-9H2,1-5H3/t10-,11-/m1/s1. The number of ether oxygens (including phenoxy) is 3. The van der Waals surface area contributed by atoms with Crippen LogP contribution in [0.5, 0.6) is 0 Å². The summed E-state index contributed by atoms with van der Waals surface area (Å²) >= 11 is 0. The van der Waals surface area contributed by atoms with Crippen molar-refractivity contribution in [3.63, 3.8) is 0 Å². The highest BCUT2D eigenvalue weighted by molar-refractivity contribution is 5.70. The summed E-state index contributed by atoms with van der Waals surface area (Å²) in [6.07, 6.45) is 3.47. The third-order valence-corrected chi connectivity index (χ3v) is 3.20. The molecule has 1 amide bonds. The fraction of sp³-hybridized carbons (Fsp3) is 0.786. The molecule has 0 aromatic heterocycles. The molecular weight excluding hydrogens is 246 g/mol. The maximum atomic E-state index is 12.4. The number of amides is 1. The van der Waals surface area contributed by atoms with Crippen LogP contribution in [0.4, 0.5) is 4.79 Å². The Morgan fingerprint density at radius 2 is 2.11 bits per heavy atom. The first-order chi connectivity index (χ1) is 8.71. The predicted octanol–water partition coefficient (Wildman–Crippen LogP) is 2.31.